The first-order valence-corrected chi connectivity index (χ1v) is 12.2. The van der Waals surface area contributed by atoms with Gasteiger partial charge in [-0.1, -0.05) is 26.0 Å². The highest BCUT2D eigenvalue weighted by Crippen LogP contribution is 2.35. The Hall–Kier alpha value is -2.34. The van der Waals surface area contributed by atoms with Crippen LogP contribution in [0, 0.1) is 5.92 Å². The number of carbonyl (C=O) groups is 2. The van der Waals surface area contributed by atoms with Gasteiger partial charge in [-0.25, -0.2) is 0 Å². The summed E-state index contributed by atoms with van der Waals surface area (Å²) in [6.07, 6.45) is 2.77. The maximum absolute atomic E-state index is 13.3. The summed E-state index contributed by atoms with van der Waals surface area (Å²) in [6.45, 7) is 8.11. The lowest BCUT2D eigenvalue weighted by atomic mass is 10.00. The second-order valence-electron chi connectivity index (χ2n) is 8.81. The Labute approximate surface area is 189 Å². The number of likely N-dealkylation sites (N-methyl/N-ethyl adjacent to an activating group) is 1. The molecular weight excluding hydrogens is 408 g/mol. The summed E-state index contributed by atoms with van der Waals surface area (Å²) in [5, 5.41) is 2.10. The van der Waals surface area contributed by atoms with Crippen LogP contribution in [-0.2, 0) is 16.0 Å². The molecule has 1 aromatic heterocycles. The Morgan fingerprint density at radius 2 is 1.94 bits per heavy atom. The smallest absolute Gasteiger partial charge is 0.242 e. The van der Waals surface area contributed by atoms with Gasteiger partial charge in [0.15, 0.2) is 0 Å². The van der Waals surface area contributed by atoms with Crippen LogP contribution in [0.25, 0.3) is 0 Å². The molecule has 1 atom stereocenters. The van der Waals surface area contributed by atoms with Gasteiger partial charge in [0.25, 0.3) is 0 Å². The van der Waals surface area contributed by atoms with Crippen LogP contribution in [0.2, 0.25) is 0 Å². The lowest BCUT2D eigenvalue weighted by molar-refractivity contribution is -0.143. The third kappa shape index (κ3) is 4.95. The molecule has 2 amide bonds. The predicted molar refractivity (Wildman–Crippen MR) is 123 cm³/mol. The number of ether oxygens (including phenoxy) is 1. The van der Waals surface area contributed by atoms with E-state index in [1.54, 1.807) is 16.2 Å². The van der Waals surface area contributed by atoms with Crippen LogP contribution in [0.15, 0.2) is 35.7 Å². The molecule has 0 radical (unpaired) electrons. The van der Waals surface area contributed by atoms with Crippen LogP contribution in [0.5, 0.6) is 5.75 Å². The fourth-order valence-corrected chi connectivity index (χ4v) is 5.12. The van der Waals surface area contributed by atoms with Crippen molar-refractivity contribution in [1.29, 1.82) is 0 Å². The van der Waals surface area contributed by atoms with E-state index in [9.17, 15) is 9.59 Å². The molecule has 2 aliphatic rings. The minimum absolute atomic E-state index is 0.0106. The van der Waals surface area contributed by atoms with Crippen molar-refractivity contribution in [2.45, 2.75) is 52.0 Å². The molecule has 2 aromatic rings. The molecule has 1 aliphatic carbocycles. The zero-order valence-corrected chi connectivity index (χ0v) is 19.5. The highest BCUT2D eigenvalue weighted by molar-refractivity contribution is 7.10. The quantitative estimate of drug-likeness (QED) is 0.601. The number of fused-ring (bicyclic) bond motifs is 1. The number of thiophene rings is 1. The molecule has 2 heterocycles. The van der Waals surface area contributed by atoms with Gasteiger partial charge in [0.1, 0.15) is 12.4 Å². The van der Waals surface area contributed by atoms with Crippen LogP contribution in [0.3, 0.4) is 0 Å². The second kappa shape index (κ2) is 9.43. The zero-order valence-electron chi connectivity index (χ0n) is 18.7. The monoisotopic (exact) mass is 440 g/mol. The molecule has 1 saturated carbocycles. The van der Waals surface area contributed by atoms with Gasteiger partial charge in [0.05, 0.1) is 12.6 Å². The van der Waals surface area contributed by atoms with Gasteiger partial charge in [-0.3, -0.25) is 9.59 Å². The molecule has 1 aromatic carbocycles. The van der Waals surface area contributed by atoms with Crippen molar-refractivity contribution in [3.05, 3.63) is 51.7 Å². The number of nitrogens with zero attached hydrogens (tertiary/aromatic N) is 2. The van der Waals surface area contributed by atoms with Crippen molar-refractivity contribution in [3.63, 3.8) is 0 Å². The first kappa shape index (κ1) is 21.9. The van der Waals surface area contributed by atoms with Gasteiger partial charge >= 0.3 is 0 Å². The second-order valence-corrected chi connectivity index (χ2v) is 9.81. The number of amides is 2. The van der Waals surface area contributed by atoms with Crippen LogP contribution in [-0.4, -0.2) is 47.9 Å². The maximum Gasteiger partial charge on any atom is 0.242 e. The molecule has 0 unspecified atom stereocenters. The summed E-state index contributed by atoms with van der Waals surface area (Å²) in [6, 6.07) is 10.2. The lowest BCUT2D eigenvalue weighted by Crippen LogP contribution is -2.48. The zero-order chi connectivity index (χ0) is 22.0. The Bertz CT molecular complexity index is 917. The van der Waals surface area contributed by atoms with Crippen LogP contribution < -0.4 is 4.74 Å². The Kier molecular flexibility index (Phi) is 6.65. The molecule has 6 heteroatoms. The highest BCUT2D eigenvalue weighted by atomic mass is 32.1. The first-order chi connectivity index (χ1) is 15.0. The van der Waals surface area contributed by atoms with Gasteiger partial charge in [0, 0.05) is 23.9 Å². The van der Waals surface area contributed by atoms with Crippen molar-refractivity contribution in [1.82, 2.24) is 9.80 Å². The third-order valence-electron chi connectivity index (χ3n) is 6.32. The largest absolute Gasteiger partial charge is 0.491 e. The van der Waals surface area contributed by atoms with Crippen LogP contribution >= 0.6 is 11.3 Å². The van der Waals surface area contributed by atoms with Gasteiger partial charge in [-0.05, 0) is 66.8 Å². The SMILES string of the molecule is CCN(CC(=O)N1CCc2sccc2[C@H]1COc1ccc(C(C)C)cc1)C(=O)C1CC1. The van der Waals surface area contributed by atoms with Crippen molar-refractivity contribution in [2.24, 2.45) is 5.92 Å². The molecule has 31 heavy (non-hydrogen) atoms. The van der Waals surface area contributed by atoms with E-state index in [0.29, 0.717) is 25.6 Å². The summed E-state index contributed by atoms with van der Waals surface area (Å²) >= 11 is 1.75. The predicted octanol–water partition coefficient (Wildman–Crippen LogP) is 4.63. The van der Waals surface area contributed by atoms with E-state index in [2.05, 4.69) is 37.4 Å². The summed E-state index contributed by atoms with van der Waals surface area (Å²) < 4.78 is 6.14. The fourth-order valence-electron chi connectivity index (χ4n) is 4.19. The number of hydrogen-bond donors (Lipinski definition) is 0. The Morgan fingerprint density at radius 3 is 2.58 bits per heavy atom. The average molecular weight is 441 g/mol. The van der Waals surface area contributed by atoms with E-state index < -0.39 is 0 Å². The normalized spacial score (nSPS) is 18.1. The Balaban J connectivity index is 1.47. The molecule has 0 bridgehead atoms. The third-order valence-corrected chi connectivity index (χ3v) is 7.31. The highest BCUT2D eigenvalue weighted by Gasteiger charge is 2.36. The fraction of sp³-hybridized carbons (Fsp3) is 0.520. The van der Waals surface area contributed by atoms with Crippen LogP contribution in [0.4, 0.5) is 0 Å². The standard InChI is InChI=1S/C25H32N2O3S/c1-4-26(25(29)19-5-6-19)15-24(28)27-13-11-23-21(12-14-31-23)22(27)16-30-20-9-7-18(8-10-20)17(2)3/h7-10,12,14,17,19,22H,4-6,11,13,15-16H2,1-3H3/t22-/m1/s1. The van der Waals surface area contributed by atoms with Crippen molar-refractivity contribution < 1.29 is 14.3 Å². The summed E-state index contributed by atoms with van der Waals surface area (Å²) in [5.41, 5.74) is 2.46. The average Bonchev–Trinajstić information content (AvgIpc) is 3.52. The topological polar surface area (TPSA) is 49.9 Å². The van der Waals surface area contributed by atoms with E-state index >= 15 is 0 Å². The molecule has 5 nitrogen and oxygen atoms in total. The minimum Gasteiger partial charge on any atom is -0.491 e. The summed E-state index contributed by atoms with van der Waals surface area (Å²) in [7, 11) is 0. The van der Waals surface area contributed by atoms with Crippen molar-refractivity contribution in [3.8, 4) is 5.75 Å². The van der Waals surface area contributed by atoms with Crippen molar-refractivity contribution >= 4 is 23.2 Å². The lowest BCUT2D eigenvalue weighted by Gasteiger charge is -2.37. The van der Waals surface area contributed by atoms with Gasteiger partial charge in [0.2, 0.25) is 11.8 Å². The molecule has 0 N–H and O–H groups in total. The summed E-state index contributed by atoms with van der Waals surface area (Å²) in [5.74, 6) is 1.57. The van der Waals surface area contributed by atoms with Gasteiger partial charge in [-0.15, -0.1) is 11.3 Å². The molecular formula is C25H32N2O3S. The minimum atomic E-state index is -0.123. The Morgan fingerprint density at radius 1 is 1.19 bits per heavy atom. The van der Waals surface area contributed by atoms with Crippen LogP contribution in [0.1, 0.15) is 61.6 Å². The van der Waals surface area contributed by atoms with Gasteiger partial charge in [-0.2, -0.15) is 0 Å². The van der Waals surface area contributed by atoms with E-state index in [1.807, 2.05) is 24.0 Å². The van der Waals surface area contributed by atoms with E-state index in [0.717, 1.165) is 25.0 Å². The molecule has 0 spiro atoms. The van der Waals surface area contributed by atoms with Crippen molar-refractivity contribution in [2.75, 3.05) is 26.2 Å². The van der Waals surface area contributed by atoms with E-state index in [1.165, 1.54) is 16.0 Å². The maximum atomic E-state index is 13.3. The molecule has 0 saturated heterocycles. The summed E-state index contributed by atoms with van der Waals surface area (Å²) in [4.78, 5) is 30.7. The van der Waals surface area contributed by atoms with E-state index in [4.69, 9.17) is 4.74 Å². The molecule has 1 aliphatic heterocycles. The molecule has 1 fully saturated rings. The number of benzene rings is 1. The molecule has 166 valence electrons. The number of carbonyl (C=O) groups excluding carboxylic acids is 2. The number of hydrogen-bond acceptors (Lipinski definition) is 4. The molecule has 4 rings (SSSR count). The van der Waals surface area contributed by atoms with Gasteiger partial charge < -0.3 is 14.5 Å². The number of rotatable bonds is 8. The first-order valence-electron chi connectivity index (χ1n) is 11.3. The van der Waals surface area contributed by atoms with E-state index in [-0.39, 0.29) is 30.3 Å².